The highest BCUT2D eigenvalue weighted by molar-refractivity contribution is 5.90. The molecule has 3 N–H and O–H groups in total. The van der Waals surface area contributed by atoms with Gasteiger partial charge in [-0.1, -0.05) is 5.22 Å². The normalized spacial score (nSPS) is 10.5. The highest BCUT2D eigenvalue weighted by atomic mass is 16.6. The Morgan fingerprint density at radius 1 is 1.00 bits per heavy atom. The highest BCUT2D eigenvalue weighted by Crippen LogP contribution is 2.22. The summed E-state index contributed by atoms with van der Waals surface area (Å²) in [6.45, 7) is 0. The largest absolute Gasteiger partial charge is 0.478 e. The Morgan fingerprint density at radius 3 is 2.17 bits per heavy atom. The summed E-state index contributed by atoms with van der Waals surface area (Å²) >= 11 is 0. The van der Waals surface area contributed by atoms with Crippen LogP contribution in [0.2, 0.25) is 0 Å². The highest BCUT2D eigenvalue weighted by Gasteiger charge is 2.13. The molecule has 0 radical (unpaired) electrons. The molecule has 2 aromatic rings. The smallest absolute Gasteiger partial charge is 0.336 e. The number of benzene rings is 2. The van der Waals surface area contributed by atoms with Crippen molar-refractivity contribution in [3.05, 3.63) is 63.7 Å². The Bertz CT molecular complexity index is 799. The lowest BCUT2D eigenvalue weighted by atomic mass is 10.2. The van der Waals surface area contributed by atoms with Gasteiger partial charge in [-0.3, -0.25) is 15.5 Å². The Morgan fingerprint density at radius 2 is 1.62 bits per heavy atom. The van der Waals surface area contributed by atoms with Crippen molar-refractivity contribution < 1.29 is 24.7 Å². The number of nitro groups is 1. The molecule has 0 fully saturated rings. The first-order chi connectivity index (χ1) is 11.4. The molecule has 0 aliphatic rings. The number of non-ortho nitro benzene ring substituents is 1. The van der Waals surface area contributed by atoms with Gasteiger partial charge >= 0.3 is 11.9 Å². The van der Waals surface area contributed by atoms with Gasteiger partial charge in [-0.2, -0.15) is 0 Å². The van der Waals surface area contributed by atoms with Gasteiger partial charge in [0.15, 0.2) is 0 Å². The summed E-state index contributed by atoms with van der Waals surface area (Å²) in [6, 6.07) is 8.73. The van der Waals surface area contributed by atoms with Crippen LogP contribution in [-0.4, -0.2) is 27.1 Å². The number of carboxylic acids is 2. The molecule has 0 aliphatic carbocycles. The molecule has 24 heavy (non-hydrogen) atoms. The summed E-state index contributed by atoms with van der Waals surface area (Å²) in [5.74, 6) is -2.39. The molecular formula is C14H10N4O6. The number of nitrogens with one attached hydrogen (secondary N) is 1. The van der Waals surface area contributed by atoms with Crippen molar-refractivity contribution in [1.82, 2.24) is 0 Å². The third-order valence-corrected chi connectivity index (χ3v) is 2.83. The quantitative estimate of drug-likeness (QED) is 0.417. The molecule has 10 nitrogen and oxygen atoms in total. The zero-order chi connectivity index (χ0) is 17.7. The summed E-state index contributed by atoms with van der Waals surface area (Å²) in [5, 5.41) is 35.9. The number of nitro benzene ring substituents is 1. The zero-order valence-electron chi connectivity index (χ0n) is 11.9. The molecular weight excluding hydrogens is 320 g/mol. The molecule has 0 aromatic heterocycles. The first-order valence-corrected chi connectivity index (χ1v) is 6.39. The third kappa shape index (κ3) is 4.10. The molecule has 0 atom stereocenters. The minimum atomic E-state index is -1.32. The fraction of sp³-hybridized carbons (Fsp3) is 0. The van der Waals surface area contributed by atoms with E-state index in [0.29, 0.717) is 5.69 Å². The standard InChI is InChI=1S/C14H10N4O6/c19-13(20)8-1-3-10(4-2-8)15-17-16-11-5-9(14(21)22)6-12(7-11)18(23)24/h1-7H,(H,15,16)(H,19,20)(H,21,22). The van der Waals surface area contributed by atoms with E-state index in [1.54, 1.807) is 0 Å². The van der Waals surface area contributed by atoms with E-state index in [1.165, 1.54) is 30.3 Å². The molecule has 0 bridgehead atoms. The number of carboxylic acid groups (broad SMARTS) is 2. The minimum Gasteiger partial charge on any atom is -0.478 e. The van der Waals surface area contributed by atoms with Crippen molar-refractivity contribution in [2.75, 3.05) is 5.43 Å². The monoisotopic (exact) mass is 330 g/mol. The van der Waals surface area contributed by atoms with Gasteiger partial charge in [0.05, 0.1) is 27.4 Å². The summed E-state index contributed by atoms with van der Waals surface area (Å²) in [4.78, 5) is 31.7. The number of anilines is 1. The molecule has 10 heteroatoms. The van der Waals surface area contributed by atoms with Crippen LogP contribution in [0.1, 0.15) is 20.7 Å². The van der Waals surface area contributed by atoms with Crippen LogP contribution in [0.15, 0.2) is 52.8 Å². The van der Waals surface area contributed by atoms with Gasteiger partial charge in [-0.25, -0.2) is 9.59 Å². The first-order valence-electron chi connectivity index (χ1n) is 6.39. The summed E-state index contributed by atoms with van der Waals surface area (Å²) in [5.41, 5.74) is 2.23. The van der Waals surface area contributed by atoms with Gasteiger partial charge in [0.25, 0.3) is 5.69 Å². The molecule has 0 heterocycles. The maximum Gasteiger partial charge on any atom is 0.336 e. The zero-order valence-corrected chi connectivity index (χ0v) is 11.9. The first kappa shape index (κ1) is 16.5. The average Bonchev–Trinajstić information content (AvgIpc) is 2.55. The molecule has 0 unspecified atom stereocenters. The SMILES string of the molecule is O=C(O)c1ccc(N=NNc2cc(C(=O)O)cc([N+](=O)[O-])c2)cc1. The summed E-state index contributed by atoms with van der Waals surface area (Å²) < 4.78 is 0. The van der Waals surface area contributed by atoms with Crippen molar-refractivity contribution in [2.45, 2.75) is 0 Å². The summed E-state index contributed by atoms with van der Waals surface area (Å²) in [7, 11) is 0. The van der Waals surface area contributed by atoms with E-state index in [9.17, 15) is 19.7 Å². The molecule has 0 saturated heterocycles. The minimum absolute atomic E-state index is 0.0764. The van der Waals surface area contributed by atoms with Gasteiger partial charge in [0.1, 0.15) is 0 Å². The lowest BCUT2D eigenvalue weighted by Gasteiger charge is -2.02. The Labute approximate surface area is 134 Å². The van der Waals surface area contributed by atoms with Crippen LogP contribution in [0.25, 0.3) is 0 Å². The van der Waals surface area contributed by atoms with Crippen LogP contribution in [0.3, 0.4) is 0 Å². The number of hydrogen-bond donors (Lipinski definition) is 3. The molecule has 0 spiro atoms. The second-order valence-corrected chi connectivity index (χ2v) is 4.49. The second kappa shape index (κ2) is 6.96. The van der Waals surface area contributed by atoms with E-state index >= 15 is 0 Å². The fourth-order valence-electron chi connectivity index (χ4n) is 1.72. The Balaban J connectivity index is 2.17. The molecule has 0 amide bonds. The van der Waals surface area contributed by atoms with E-state index in [4.69, 9.17) is 10.2 Å². The molecule has 2 aromatic carbocycles. The van der Waals surface area contributed by atoms with Crippen LogP contribution in [0.4, 0.5) is 17.1 Å². The van der Waals surface area contributed by atoms with Crippen molar-refractivity contribution in [3.63, 3.8) is 0 Å². The maximum atomic E-state index is 11.0. The van der Waals surface area contributed by atoms with Gasteiger partial charge in [-0.05, 0) is 30.3 Å². The fourth-order valence-corrected chi connectivity index (χ4v) is 1.72. The van der Waals surface area contributed by atoms with Gasteiger partial charge in [-0.15, -0.1) is 5.11 Å². The number of carbonyl (C=O) groups is 2. The predicted molar refractivity (Wildman–Crippen MR) is 81.6 cm³/mol. The lowest BCUT2D eigenvalue weighted by Crippen LogP contribution is -2.00. The van der Waals surface area contributed by atoms with Gasteiger partial charge in [0.2, 0.25) is 0 Å². The van der Waals surface area contributed by atoms with Crippen LogP contribution in [-0.2, 0) is 0 Å². The van der Waals surface area contributed by atoms with Gasteiger partial charge in [0, 0.05) is 12.1 Å². The molecule has 0 saturated carbocycles. The molecule has 0 aliphatic heterocycles. The Hall–Kier alpha value is -3.82. The Kier molecular flexibility index (Phi) is 4.80. The summed E-state index contributed by atoms with van der Waals surface area (Å²) in [6.07, 6.45) is 0. The van der Waals surface area contributed by atoms with E-state index in [0.717, 1.165) is 12.1 Å². The maximum absolute atomic E-state index is 11.0. The number of rotatable bonds is 6. The topological polar surface area (TPSA) is 154 Å². The van der Waals surface area contributed by atoms with Crippen LogP contribution in [0.5, 0.6) is 0 Å². The van der Waals surface area contributed by atoms with E-state index in [1.807, 2.05) is 0 Å². The third-order valence-electron chi connectivity index (χ3n) is 2.83. The molecule has 122 valence electrons. The average molecular weight is 330 g/mol. The lowest BCUT2D eigenvalue weighted by molar-refractivity contribution is -0.384. The number of nitrogens with zero attached hydrogens (tertiary/aromatic N) is 3. The van der Waals surface area contributed by atoms with E-state index in [-0.39, 0.29) is 16.8 Å². The van der Waals surface area contributed by atoms with Crippen LogP contribution >= 0.6 is 0 Å². The van der Waals surface area contributed by atoms with Crippen molar-refractivity contribution in [1.29, 1.82) is 0 Å². The van der Waals surface area contributed by atoms with Crippen LogP contribution < -0.4 is 5.43 Å². The van der Waals surface area contributed by atoms with E-state index < -0.39 is 22.5 Å². The van der Waals surface area contributed by atoms with Crippen LogP contribution in [0, 0.1) is 10.1 Å². The van der Waals surface area contributed by atoms with Crippen molar-refractivity contribution >= 4 is 29.0 Å². The number of hydrogen-bond acceptors (Lipinski definition) is 6. The van der Waals surface area contributed by atoms with Gasteiger partial charge < -0.3 is 10.2 Å². The second-order valence-electron chi connectivity index (χ2n) is 4.49. The molecule has 2 rings (SSSR count). The van der Waals surface area contributed by atoms with Crippen molar-refractivity contribution in [2.24, 2.45) is 10.3 Å². The predicted octanol–water partition coefficient (Wildman–Crippen LogP) is 3.10. The van der Waals surface area contributed by atoms with Crippen molar-refractivity contribution in [3.8, 4) is 0 Å². The number of aromatic carboxylic acids is 2. The van der Waals surface area contributed by atoms with E-state index in [2.05, 4.69) is 15.8 Å².